The molecule has 2 aliphatic rings. The second-order valence-electron chi connectivity index (χ2n) is 7.54. The van der Waals surface area contributed by atoms with Gasteiger partial charge in [-0.05, 0) is 61.7 Å². The first-order valence-electron chi connectivity index (χ1n) is 10.2. The zero-order chi connectivity index (χ0) is 21.8. The van der Waals surface area contributed by atoms with Gasteiger partial charge in [0.2, 0.25) is 5.91 Å². The standard InChI is InChI=1S/C22H23N5O3S/c1-14-8-9-23-18(12-14)25-20(29)15-4-6-16(7-5-15)24-19(28)13-17-21(30)26-22(31-17)27-10-2-3-11-27/h4-9,12,17H,2-3,10-11,13H2,1H3,(H,24,28)(H,23,25,29)/t17-/m0/s1. The lowest BCUT2D eigenvalue weighted by atomic mass is 10.2. The third-order valence-electron chi connectivity index (χ3n) is 5.06. The number of amides is 3. The normalized spacial score (nSPS) is 18.1. The molecular weight excluding hydrogens is 414 g/mol. The molecule has 160 valence electrons. The number of amidine groups is 1. The fourth-order valence-electron chi connectivity index (χ4n) is 3.43. The molecule has 1 fully saturated rings. The molecule has 9 heteroatoms. The average molecular weight is 438 g/mol. The topological polar surface area (TPSA) is 104 Å². The molecule has 0 unspecified atom stereocenters. The molecule has 0 bridgehead atoms. The van der Waals surface area contributed by atoms with Crippen molar-refractivity contribution in [1.82, 2.24) is 9.88 Å². The van der Waals surface area contributed by atoms with Crippen LogP contribution < -0.4 is 10.6 Å². The minimum absolute atomic E-state index is 0.0611. The monoisotopic (exact) mass is 437 g/mol. The van der Waals surface area contributed by atoms with Crippen molar-refractivity contribution in [2.75, 3.05) is 23.7 Å². The summed E-state index contributed by atoms with van der Waals surface area (Å²) in [7, 11) is 0. The van der Waals surface area contributed by atoms with Crippen LogP contribution in [0.1, 0.15) is 35.2 Å². The number of aryl methyl sites for hydroxylation is 1. The van der Waals surface area contributed by atoms with Gasteiger partial charge in [-0.15, -0.1) is 0 Å². The number of anilines is 2. The smallest absolute Gasteiger partial charge is 0.262 e. The Bertz CT molecular complexity index is 1030. The summed E-state index contributed by atoms with van der Waals surface area (Å²) in [6.45, 7) is 3.75. The molecule has 1 atom stereocenters. The number of aromatic nitrogens is 1. The van der Waals surface area contributed by atoms with Crippen LogP contribution in [0.4, 0.5) is 11.5 Å². The Kier molecular flexibility index (Phi) is 6.31. The molecular formula is C22H23N5O3S. The number of pyridine rings is 1. The molecule has 0 spiro atoms. The predicted octanol–water partition coefficient (Wildman–Crippen LogP) is 3.06. The zero-order valence-electron chi connectivity index (χ0n) is 17.1. The van der Waals surface area contributed by atoms with Crippen LogP contribution in [0.2, 0.25) is 0 Å². The van der Waals surface area contributed by atoms with Crippen LogP contribution in [0.25, 0.3) is 0 Å². The van der Waals surface area contributed by atoms with Gasteiger partial charge in [-0.3, -0.25) is 14.4 Å². The number of rotatable bonds is 5. The predicted molar refractivity (Wildman–Crippen MR) is 121 cm³/mol. The van der Waals surface area contributed by atoms with Crippen LogP contribution in [0.3, 0.4) is 0 Å². The summed E-state index contributed by atoms with van der Waals surface area (Å²) in [5.41, 5.74) is 2.01. The molecule has 3 amide bonds. The largest absolute Gasteiger partial charge is 0.351 e. The second-order valence-corrected chi connectivity index (χ2v) is 8.71. The van der Waals surface area contributed by atoms with E-state index in [2.05, 4.69) is 25.5 Å². The highest BCUT2D eigenvalue weighted by atomic mass is 32.2. The maximum Gasteiger partial charge on any atom is 0.262 e. The molecule has 2 aliphatic heterocycles. The van der Waals surface area contributed by atoms with Crippen LogP contribution in [-0.4, -0.2) is 51.1 Å². The van der Waals surface area contributed by atoms with E-state index in [0.717, 1.165) is 36.7 Å². The third kappa shape index (κ3) is 5.29. The highest BCUT2D eigenvalue weighted by Crippen LogP contribution is 2.29. The number of likely N-dealkylation sites (tertiary alicyclic amines) is 1. The van der Waals surface area contributed by atoms with E-state index in [1.54, 1.807) is 36.5 Å². The van der Waals surface area contributed by atoms with E-state index in [-0.39, 0.29) is 24.1 Å². The van der Waals surface area contributed by atoms with Gasteiger partial charge in [0.25, 0.3) is 11.8 Å². The van der Waals surface area contributed by atoms with Gasteiger partial charge in [0, 0.05) is 37.0 Å². The van der Waals surface area contributed by atoms with Gasteiger partial charge in [0.05, 0.1) is 0 Å². The Hall–Kier alpha value is -3.20. The summed E-state index contributed by atoms with van der Waals surface area (Å²) in [6.07, 6.45) is 3.91. The number of carbonyl (C=O) groups excluding carboxylic acids is 3. The second kappa shape index (κ2) is 9.30. The summed E-state index contributed by atoms with van der Waals surface area (Å²) in [5.74, 6) is -0.309. The van der Waals surface area contributed by atoms with Crippen molar-refractivity contribution in [3.8, 4) is 0 Å². The lowest BCUT2D eigenvalue weighted by Crippen LogP contribution is -2.25. The molecule has 2 N–H and O–H groups in total. The van der Waals surface area contributed by atoms with Crippen LogP contribution >= 0.6 is 11.8 Å². The molecule has 1 saturated heterocycles. The zero-order valence-corrected chi connectivity index (χ0v) is 17.9. The first-order valence-corrected chi connectivity index (χ1v) is 11.0. The van der Waals surface area contributed by atoms with Gasteiger partial charge in [0.15, 0.2) is 5.17 Å². The number of nitrogens with one attached hydrogen (secondary N) is 2. The number of hydrogen-bond donors (Lipinski definition) is 2. The fourth-order valence-corrected chi connectivity index (χ4v) is 4.55. The number of nitrogens with zero attached hydrogens (tertiary/aromatic N) is 3. The quantitative estimate of drug-likeness (QED) is 0.745. The Labute approximate surface area is 184 Å². The maximum atomic E-state index is 12.4. The minimum Gasteiger partial charge on any atom is -0.351 e. The van der Waals surface area contributed by atoms with E-state index in [1.807, 2.05) is 13.0 Å². The summed E-state index contributed by atoms with van der Waals surface area (Å²) < 4.78 is 0. The highest BCUT2D eigenvalue weighted by molar-refractivity contribution is 8.15. The molecule has 31 heavy (non-hydrogen) atoms. The molecule has 1 aromatic heterocycles. The van der Waals surface area contributed by atoms with E-state index in [0.29, 0.717) is 17.1 Å². The fraction of sp³-hybridized carbons (Fsp3) is 0.318. The van der Waals surface area contributed by atoms with Crippen molar-refractivity contribution in [1.29, 1.82) is 0 Å². The van der Waals surface area contributed by atoms with Gasteiger partial charge in [-0.25, -0.2) is 4.98 Å². The maximum absolute atomic E-state index is 12.4. The minimum atomic E-state index is -0.484. The van der Waals surface area contributed by atoms with Crippen LogP contribution in [0, 0.1) is 6.92 Å². The van der Waals surface area contributed by atoms with Crippen molar-refractivity contribution >= 4 is 46.2 Å². The number of aliphatic imine (C=N–C) groups is 1. The van der Waals surface area contributed by atoms with E-state index >= 15 is 0 Å². The summed E-state index contributed by atoms with van der Waals surface area (Å²) in [4.78, 5) is 47.3. The Morgan fingerprint density at radius 1 is 1.13 bits per heavy atom. The molecule has 3 heterocycles. The van der Waals surface area contributed by atoms with E-state index in [4.69, 9.17) is 0 Å². The Morgan fingerprint density at radius 3 is 2.58 bits per heavy atom. The molecule has 1 aromatic carbocycles. The average Bonchev–Trinajstić information content (AvgIpc) is 3.39. The first kappa shape index (κ1) is 21.0. The first-order chi connectivity index (χ1) is 15.0. The SMILES string of the molecule is Cc1ccnc(NC(=O)c2ccc(NC(=O)C[C@@H]3SC(N4CCCC4)=NC3=O)cc2)c1. The molecule has 2 aromatic rings. The van der Waals surface area contributed by atoms with Crippen molar-refractivity contribution in [3.63, 3.8) is 0 Å². The summed E-state index contributed by atoms with van der Waals surface area (Å²) in [6, 6.07) is 10.2. The van der Waals surface area contributed by atoms with E-state index in [9.17, 15) is 14.4 Å². The number of carbonyl (C=O) groups is 3. The lowest BCUT2D eigenvalue weighted by molar-refractivity contribution is -0.121. The Morgan fingerprint density at radius 2 is 1.87 bits per heavy atom. The van der Waals surface area contributed by atoms with Gasteiger partial charge in [-0.1, -0.05) is 11.8 Å². The van der Waals surface area contributed by atoms with Crippen molar-refractivity contribution in [2.45, 2.75) is 31.4 Å². The highest BCUT2D eigenvalue weighted by Gasteiger charge is 2.33. The van der Waals surface area contributed by atoms with Crippen LogP contribution in [0.5, 0.6) is 0 Å². The van der Waals surface area contributed by atoms with E-state index in [1.165, 1.54) is 11.8 Å². The van der Waals surface area contributed by atoms with Crippen LogP contribution in [0.15, 0.2) is 47.6 Å². The Balaban J connectivity index is 1.29. The van der Waals surface area contributed by atoms with Gasteiger partial charge < -0.3 is 15.5 Å². The lowest BCUT2D eigenvalue weighted by Gasteiger charge is -2.16. The van der Waals surface area contributed by atoms with Gasteiger partial charge in [0.1, 0.15) is 11.1 Å². The number of thioether (sulfide) groups is 1. The van der Waals surface area contributed by atoms with Crippen LogP contribution in [-0.2, 0) is 9.59 Å². The summed E-state index contributed by atoms with van der Waals surface area (Å²) in [5, 5.41) is 5.78. The van der Waals surface area contributed by atoms with Gasteiger partial charge >= 0.3 is 0 Å². The van der Waals surface area contributed by atoms with Crippen molar-refractivity contribution in [3.05, 3.63) is 53.7 Å². The van der Waals surface area contributed by atoms with Crippen molar-refractivity contribution in [2.24, 2.45) is 4.99 Å². The molecule has 0 radical (unpaired) electrons. The third-order valence-corrected chi connectivity index (χ3v) is 6.28. The molecule has 0 saturated carbocycles. The molecule has 4 rings (SSSR count). The summed E-state index contributed by atoms with van der Waals surface area (Å²) >= 11 is 1.37. The van der Waals surface area contributed by atoms with Crippen molar-refractivity contribution < 1.29 is 14.4 Å². The van der Waals surface area contributed by atoms with Gasteiger partial charge in [-0.2, -0.15) is 4.99 Å². The molecule has 8 nitrogen and oxygen atoms in total. The number of benzene rings is 1. The van der Waals surface area contributed by atoms with E-state index < -0.39 is 5.25 Å². The molecule has 0 aliphatic carbocycles. The number of hydrogen-bond acceptors (Lipinski definition) is 6.